The van der Waals surface area contributed by atoms with Crippen molar-refractivity contribution >= 4 is 34.4 Å². The van der Waals surface area contributed by atoms with Gasteiger partial charge in [0.25, 0.3) is 0 Å². The molecule has 5 nitrogen and oxygen atoms in total. The number of amides is 1. The minimum Gasteiger partial charge on any atom is -0.467 e. The number of furan rings is 1. The number of nitrogens with one attached hydrogen (secondary N) is 1. The first-order chi connectivity index (χ1) is 11.1. The van der Waals surface area contributed by atoms with Crippen LogP contribution in [0.25, 0.3) is 10.6 Å². The standard InChI is InChI=1S/C16H14N2O3S2/c1-10(19)11-5-14(22-8-11)13-9-23-16(18-13)6-15(20)17-7-12-3-2-4-21-12/h2-5,8-9H,6-7H2,1H3,(H,17,20). The van der Waals surface area contributed by atoms with Crippen LogP contribution in [0.15, 0.2) is 39.6 Å². The van der Waals surface area contributed by atoms with Crippen molar-refractivity contribution in [3.8, 4) is 10.6 Å². The highest BCUT2D eigenvalue weighted by Gasteiger charge is 2.12. The third kappa shape index (κ3) is 3.94. The van der Waals surface area contributed by atoms with Crippen molar-refractivity contribution in [2.45, 2.75) is 19.9 Å². The molecule has 3 aromatic heterocycles. The molecule has 0 aliphatic rings. The van der Waals surface area contributed by atoms with Gasteiger partial charge in [-0.3, -0.25) is 9.59 Å². The summed E-state index contributed by atoms with van der Waals surface area (Å²) in [4.78, 5) is 28.7. The van der Waals surface area contributed by atoms with Crippen LogP contribution in [0, 0.1) is 0 Å². The Labute approximate surface area is 141 Å². The van der Waals surface area contributed by atoms with Gasteiger partial charge in [0.15, 0.2) is 5.78 Å². The molecular formula is C16H14N2O3S2. The van der Waals surface area contributed by atoms with Gasteiger partial charge in [0.05, 0.1) is 29.8 Å². The second-order valence-electron chi connectivity index (χ2n) is 4.92. The Hall–Kier alpha value is -2.25. The molecule has 23 heavy (non-hydrogen) atoms. The van der Waals surface area contributed by atoms with E-state index in [9.17, 15) is 9.59 Å². The van der Waals surface area contributed by atoms with E-state index in [1.165, 1.54) is 22.7 Å². The van der Waals surface area contributed by atoms with E-state index in [2.05, 4.69) is 10.3 Å². The van der Waals surface area contributed by atoms with Gasteiger partial charge in [0.2, 0.25) is 5.91 Å². The number of hydrogen-bond acceptors (Lipinski definition) is 6. The van der Waals surface area contributed by atoms with Crippen LogP contribution in [-0.4, -0.2) is 16.7 Å². The Kier molecular flexibility index (Phi) is 4.68. The summed E-state index contributed by atoms with van der Waals surface area (Å²) in [5.41, 5.74) is 1.50. The van der Waals surface area contributed by atoms with Crippen LogP contribution < -0.4 is 5.32 Å². The van der Waals surface area contributed by atoms with Crippen LogP contribution in [0.2, 0.25) is 0 Å². The van der Waals surface area contributed by atoms with Gasteiger partial charge in [0.1, 0.15) is 10.8 Å². The maximum atomic E-state index is 11.9. The number of ketones is 1. The SMILES string of the molecule is CC(=O)c1csc(-c2csc(CC(=O)NCc3ccco3)n2)c1. The number of aromatic nitrogens is 1. The average molecular weight is 346 g/mol. The molecule has 7 heteroatoms. The molecule has 1 amide bonds. The predicted molar refractivity (Wildman–Crippen MR) is 89.7 cm³/mol. The van der Waals surface area contributed by atoms with Gasteiger partial charge in [-0.25, -0.2) is 4.98 Å². The molecule has 0 atom stereocenters. The van der Waals surface area contributed by atoms with Crippen molar-refractivity contribution in [3.63, 3.8) is 0 Å². The molecule has 0 aromatic carbocycles. The first kappa shape index (κ1) is 15.6. The largest absolute Gasteiger partial charge is 0.467 e. The first-order valence-corrected chi connectivity index (χ1v) is 8.71. The molecule has 0 fully saturated rings. The van der Waals surface area contributed by atoms with E-state index >= 15 is 0 Å². The fourth-order valence-electron chi connectivity index (χ4n) is 1.96. The van der Waals surface area contributed by atoms with Gasteiger partial charge < -0.3 is 9.73 Å². The van der Waals surface area contributed by atoms with Gasteiger partial charge in [-0.05, 0) is 25.1 Å². The molecule has 3 rings (SSSR count). The van der Waals surface area contributed by atoms with Crippen molar-refractivity contribution in [1.29, 1.82) is 0 Å². The Morgan fingerprint density at radius 3 is 2.87 bits per heavy atom. The molecule has 0 aliphatic carbocycles. The zero-order valence-electron chi connectivity index (χ0n) is 12.4. The fourth-order valence-corrected chi connectivity index (χ4v) is 3.73. The van der Waals surface area contributed by atoms with Crippen LogP contribution in [0.4, 0.5) is 0 Å². The normalized spacial score (nSPS) is 10.7. The van der Waals surface area contributed by atoms with Crippen molar-refractivity contribution in [3.05, 3.63) is 51.6 Å². The lowest BCUT2D eigenvalue weighted by molar-refractivity contribution is -0.120. The molecule has 1 N–H and O–H groups in total. The fraction of sp³-hybridized carbons (Fsp3) is 0.188. The molecule has 0 aliphatic heterocycles. The van der Waals surface area contributed by atoms with Crippen LogP contribution in [0.1, 0.15) is 28.0 Å². The summed E-state index contributed by atoms with van der Waals surface area (Å²) in [5.74, 6) is 0.659. The number of carbonyl (C=O) groups is 2. The second kappa shape index (κ2) is 6.89. The number of thiazole rings is 1. The van der Waals surface area contributed by atoms with Gasteiger partial charge in [-0.2, -0.15) is 0 Å². The van der Waals surface area contributed by atoms with Crippen molar-refractivity contribution in [1.82, 2.24) is 10.3 Å². The van der Waals surface area contributed by atoms with Crippen LogP contribution >= 0.6 is 22.7 Å². The molecule has 3 heterocycles. The summed E-state index contributed by atoms with van der Waals surface area (Å²) in [6.07, 6.45) is 1.81. The first-order valence-electron chi connectivity index (χ1n) is 6.95. The van der Waals surface area contributed by atoms with Crippen LogP contribution in [0.5, 0.6) is 0 Å². The number of Topliss-reactive ketones (excluding diaryl/α,β-unsaturated/α-hetero) is 1. The molecule has 0 radical (unpaired) electrons. The predicted octanol–water partition coefficient (Wildman–Crippen LogP) is 3.53. The second-order valence-corrected chi connectivity index (χ2v) is 6.77. The van der Waals surface area contributed by atoms with Crippen LogP contribution in [0.3, 0.4) is 0 Å². The highest BCUT2D eigenvalue weighted by Crippen LogP contribution is 2.28. The maximum Gasteiger partial charge on any atom is 0.227 e. The van der Waals surface area contributed by atoms with Gasteiger partial charge in [0, 0.05) is 16.3 Å². The molecular weight excluding hydrogens is 332 g/mol. The maximum absolute atomic E-state index is 11.9. The minimum absolute atomic E-state index is 0.0419. The topological polar surface area (TPSA) is 72.2 Å². The quantitative estimate of drug-likeness (QED) is 0.693. The van der Waals surface area contributed by atoms with E-state index in [0.717, 1.165) is 15.6 Å². The summed E-state index contributed by atoms with van der Waals surface area (Å²) in [5, 5.41) is 7.27. The summed E-state index contributed by atoms with van der Waals surface area (Å²) < 4.78 is 5.16. The molecule has 0 saturated carbocycles. The molecule has 0 saturated heterocycles. The molecule has 118 valence electrons. The third-order valence-corrected chi connectivity index (χ3v) is 4.96. The number of hydrogen-bond donors (Lipinski definition) is 1. The molecule has 0 unspecified atom stereocenters. The lowest BCUT2D eigenvalue weighted by atomic mass is 10.2. The summed E-state index contributed by atoms with van der Waals surface area (Å²) in [7, 11) is 0. The lowest BCUT2D eigenvalue weighted by Gasteiger charge is -2.00. The molecule has 3 aromatic rings. The Bertz CT molecular complexity index is 818. The van der Waals surface area contributed by atoms with E-state index < -0.39 is 0 Å². The highest BCUT2D eigenvalue weighted by atomic mass is 32.1. The van der Waals surface area contributed by atoms with Crippen molar-refractivity contribution in [2.24, 2.45) is 0 Å². The van der Waals surface area contributed by atoms with E-state index in [4.69, 9.17) is 4.42 Å². The monoisotopic (exact) mass is 346 g/mol. The minimum atomic E-state index is -0.0992. The Morgan fingerprint density at radius 1 is 1.30 bits per heavy atom. The van der Waals surface area contributed by atoms with Gasteiger partial charge in [-0.15, -0.1) is 22.7 Å². The van der Waals surface area contributed by atoms with E-state index in [-0.39, 0.29) is 18.1 Å². The Morgan fingerprint density at radius 2 is 2.17 bits per heavy atom. The summed E-state index contributed by atoms with van der Waals surface area (Å²) in [6.45, 7) is 1.92. The average Bonchev–Trinajstić information content (AvgIpc) is 3.26. The van der Waals surface area contributed by atoms with E-state index in [1.807, 2.05) is 22.9 Å². The summed E-state index contributed by atoms with van der Waals surface area (Å²) in [6, 6.07) is 5.43. The van der Waals surface area contributed by atoms with Gasteiger partial charge in [-0.1, -0.05) is 0 Å². The third-order valence-electron chi connectivity index (χ3n) is 3.16. The Balaban J connectivity index is 1.60. The molecule has 0 spiro atoms. The van der Waals surface area contributed by atoms with Gasteiger partial charge >= 0.3 is 0 Å². The van der Waals surface area contributed by atoms with Crippen molar-refractivity contribution in [2.75, 3.05) is 0 Å². The van der Waals surface area contributed by atoms with Crippen LogP contribution in [-0.2, 0) is 17.8 Å². The number of thiophene rings is 1. The zero-order chi connectivity index (χ0) is 16.2. The highest BCUT2D eigenvalue weighted by molar-refractivity contribution is 7.14. The smallest absolute Gasteiger partial charge is 0.227 e. The van der Waals surface area contributed by atoms with Crippen molar-refractivity contribution < 1.29 is 14.0 Å². The lowest BCUT2D eigenvalue weighted by Crippen LogP contribution is -2.24. The summed E-state index contributed by atoms with van der Waals surface area (Å²) >= 11 is 2.92. The number of nitrogens with zero attached hydrogens (tertiary/aromatic N) is 1. The zero-order valence-corrected chi connectivity index (χ0v) is 14.0. The molecule has 0 bridgehead atoms. The number of rotatable bonds is 6. The van der Waals surface area contributed by atoms with E-state index in [0.29, 0.717) is 17.9 Å². The number of carbonyl (C=O) groups excluding carboxylic acids is 2. The van der Waals surface area contributed by atoms with E-state index in [1.54, 1.807) is 19.3 Å².